The SMILES string of the molecule is Cc1ccc(S(=O)(=O)N2CCOCC2)cc1NC(=O)COC(=O)c1ccc([N+](=O)[O-])cc1N. The molecule has 12 nitrogen and oxygen atoms in total. The number of carbonyl (C=O) groups is 2. The number of nitrogens with two attached hydrogens (primary N) is 1. The van der Waals surface area contributed by atoms with Gasteiger partial charge in [0.15, 0.2) is 6.61 Å². The first kappa shape index (κ1) is 24.1. The van der Waals surface area contributed by atoms with E-state index in [0.29, 0.717) is 18.8 Å². The number of morpholine rings is 1. The van der Waals surface area contributed by atoms with E-state index in [0.717, 1.165) is 18.2 Å². The van der Waals surface area contributed by atoms with Crippen LogP contribution < -0.4 is 11.1 Å². The fourth-order valence-electron chi connectivity index (χ4n) is 3.08. The smallest absolute Gasteiger partial charge is 0.340 e. The molecule has 0 aromatic heterocycles. The van der Waals surface area contributed by atoms with Gasteiger partial charge in [-0.15, -0.1) is 0 Å². The molecule has 2 aromatic rings. The van der Waals surface area contributed by atoms with Crippen molar-refractivity contribution >= 4 is 39.0 Å². The molecule has 1 amide bonds. The zero-order valence-corrected chi connectivity index (χ0v) is 18.5. The molecule has 1 aliphatic rings. The zero-order valence-electron chi connectivity index (χ0n) is 17.6. The van der Waals surface area contributed by atoms with Gasteiger partial charge in [-0.25, -0.2) is 13.2 Å². The molecule has 2 aromatic carbocycles. The Balaban J connectivity index is 1.66. The third-order valence-electron chi connectivity index (χ3n) is 4.89. The van der Waals surface area contributed by atoms with Crippen molar-refractivity contribution in [3.8, 4) is 0 Å². The number of hydrogen-bond donors (Lipinski definition) is 2. The number of nitrogens with zero attached hydrogens (tertiary/aromatic N) is 2. The van der Waals surface area contributed by atoms with Gasteiger partial charge in [0.2, 0.25) is 10.0 Å². The Kier molecular flexibility index (Phi) is 7.26. The Bertz CT molecular complexity index is 1190. The number of nitrogen functional groups attached to an aromatic ring is 1. The topological polar surface area (TPSA) is 171 Å². The maximum atomic E-state index is 12.8. The molecule has 1 heterocycles. The molecule has 0 saturated carbocycles. The average Bonchev–Trinajstić information content (AvgIpc) is 2.79. The number of hydrogen-bond acceptors (Lipinski definition) is 9. The highest BCUT2D eigenvalue weighted by molar-refractivity contribution is 7.89. The number of nitro benzene ring substituents is 1. The quantitative estimate of drug-likeness (QED) is 0.257. The van der Waals surface area contributed by atoms with Gasteiger partial charge in [-0.2, -0.15) is 4.31 Å². The van der Waals surface area contributed by atoms with Crippen molar-refractivity contribution in [1.29, 1.82) is 0 Å². The van der Waals surface area contributed by atoms with Crippen LogP contribution in [0.4, 0.5) is 17.1 Å². The van der Waals surface area contributed by atoms with E-state index in [2.05, 4.69) is 5.32 Å². The summed E-state index contributed by atoms with van der Waals surface area (Å²) in [7, 11) is -3.76. The first-order valence-electron chi connectivity index (χ1n) is 9.79. The molecule has 0 atom stereocenters. The predicted molar refractivity (Wildman–Crippen MR) is 117 cm³/mol. The lowest BCUT2D eigenvalue weighted by Gasteiger charge is -2.26. The monoisotopic (exact) mass is 478 g/mol. The fourth-order valence-corrected chi connectivity index (χ4v) is 4.51. The van der Waals surface area contributed by atoms with E-state index < -0.39 is 33.4 Å². The first-order valence-corrected chi connectivity index (χ1v) is 11.2. The van der Waals surface area contributed by atoms with Crippen molar-refractivity contribution in [2.24, 2.45) is 0 Å². The number of amides is 1. The minimum absolute atomic E-state index is 0.0148. The van der Waals surface area contributed by atoms with Gasteiger partial charge in [-0.1, -0.05) is 6.07 Å². The molecule has 33 heavy (non-hydrogen) atoms. The molecule has 1 fully saturated rings. The highest BCUT2D eigenvalue weighted by Crippen LogP contribution is 2.24. The third kappa shape index (κ3) is 5.63. The number of esters is 1. The number of aryl methyl sites for hydroxylation is 1. The van der Waals surface area contributed by atoms with Gasteiger partial charge in [-0.05, 0) is 30.7 Å². The lowest BCUT2D eigenvalue weighted by atomic mass is 10.1. The second kappa shape index (κ2) is 9.94. The van der Waals surface area contributed by atoms with Crippen LogP contribution in [0.5, 0.6) is 0 Å². The maximum Gasteiger partial charge on any atom is 0.340 e. The van der Waals surface area contributed by atoms with Crippen molar-refractivity contribution in [2.75, 3.05) is 44.0 Å². The van der Waals surface area contributed by atoms with Gasteiger partial charge in [-0.3, -0.25) is 14.9 Å². The number of sulfonamides is 1. The van der Waals surface area contributed by atoms with Crippen LogP contribution in [0.15, 0.2) is 41.3 Å². The Labute approximate surface area is 189 Å². The number of non-ortho nitro benzene ring substituents is 1. The van der Waals surface area contributed by atoms with E-state index in [1.807, 2.05) is 0 Å². The highest BCUT2D eigenvalue weighted by Gasteiger charge is 2.27. The third-order valence-corrected chi connectivity index (χ3v) is 6.79. The predicted octanol–water partition coefficient (Wildman–Crippen LogP) is 1.30. The van der Waals surface area contributed by atoms with E-state index in [1.54, 1.807) is 13.0 Å². The second-order valence-corrected chi connectivity index (χ2v) is 9.08. The van der Waals surface area contributed by atoms with Gasteiger partial charge in [0.1, 0.15) is 0 Å². The average molecular weight is 478 g/mol. The lowest BCUT2D eigenvalue weighted by molar-refractivity contribution is -0.384. The van der Waals surface area contributed by atoms with Crippen LogP contribution in [0.2, 0.25) is 0 Å². The summed E-state index contributed by atoms with van der Waals surface area (Å²) in [6.45, 7) is 2.09. The van der Waals surface area contributed by atoms with E-state index in [-0.39, 0.29) is 40.6 Å². The summed E-state index contributed by atoms with van der Waals surface area (Å²) in [5, 5.41) is 13.3. The first-order chi connectivity index (χ1) is 15.6. The molecule has 176 valence electrons. The summed E-state index contributed by atoms with van der Waals surface area (Å²) in [6, 6.07) is 7.60. The molecule has 0 spiro atoms. The number of carbonyl (C=O) groups excluding carboxylic acids is 2. The van der Waals surface area contributed by atoms with Crippen LogP contribution in [0.25, 0.3) is 0 Å². The lowest BCUT2D eigenvalue weighted by Crippen LogP contribution is -2.40. The van der Waals surface area contributed by atoms with Gasteiger partial charge in [0, 0.05) is 30.9 Å². The van der Waals surface area contributed by atoms with Crippen molar-refractivity contribution in [1.82, 2.24) is 4.31 Å². The van der Waals surface area contributed by atoms with Crippen molar-refractivity contribution in [3.63, 3.8) is 0 Å². The standard InChI is InChI=1S/C20H22N4O8S/c1-13-2-4-15(33(29,30)23-6-8-31-9-7-23)11-18(13)22-19(25)12-32-20(26)16-5-3-14(24(27)28)10-17(16)21/h2-5,10-11H,6-9,12,21H2,1H3,(H,22,25). The van der Waals surface area contributed by atoms with Crippen LogP contribution in [0.3, 0.4) is 0 Å². The summed E-state index contributed by atoms with van der Waals surface area (Å²) in [5.74, 6) is -1.63. The minimum atomic E-state index is -3.76. The highest BCUT2D eigenvalue weighted by atomic mass is 32.2. The Morgan fingerprint density at radius 2 is 1.91 bits per heavy atom. The van der Waals surface area contributed by atoms with E-state index in [9.17, 15) is 28.1 Å². The summed E-state index contributed by atoms with van der Waals surface area (Å²) < 4.78 is 37.1. The molecule has 0 bridgehead atoms. The van der Waals surface area contributed by atoms with Crippen LogP contribution in [-0.2, 0) is 24.3 Å². The molecule has 3 N–H and O–H groups in total. The Morgan fingerprint density at radius 1 is 1.21 bits per heavy atom. The second-order valence-electron chi connectivity index (χ2n) is 7.15. The van der Waals surface area contributed by atoms with Crippen LogP contribution in [0.1, 0.15) is 15.9 Å². The number of rotatable bonds is 7. The molecule has 0 unspecified atom stereocenters. The molecule has 0 aliphatic carbocycles. The molecule has 1 saturated heterocycles. The van der Waals surface area contributed by atoms with Gasteiger partial charge in [0.25, 0.3) is 11.6 Å². The normalized spacial score (nSPS) is 14.5. The van der Waals surface area contributed by atoms with Crippen molar-refractivity contribution in [3.05, 3.63) is 57.6 Å². The van der Waals surface area contributed by atoms with Crippen LogP contribution in [-0.4, -0.2) is 62.4 Å². The molecular weight excluding hydrogens is 456 g/mol. The van der Waals surface area contributed by atoms with Crippen LogP contribution in [0, 0.1) is 17.0 Å². The number of anilines is 2. The number of nitrogens with one attached hydrogen (secondary N) is 1. The van der Waals surface area contributed by atoms with Crippen molar-refractivity contribution in [2.45, 2.75) is 11.8 Å². The van der Waals surface area contributed by atoms with E-state index >= 15 is 0 Å². The fraction of sp³-hybridized carbons (Fsp3) is 0.300. The summed E-state index contributed by atoms with van der Waals surface area (Å²) in [6.07, 6.45) is 0. The Morgan fingerprint density at radius 3 is 2.55 bits per heavy atom. The maximum absolute atomic E-state index is 12.8. The molecule has 0 radical (unpaired) electrons. The summed E-state index contributed by atoms with van der Waals surface area (Å²) >= 11 is 0. The number of ether oxygens (including phenoxy) is 2. The largest absolute Gasteiger partial charge is 0.452 e. The molecule has 13 heteroatoms. The van der Waals surface area contributed by atoms with Gasteiger partial charge in [0.05, 0.1) is 34.3 Å². The van der Waals surface area contributed by atoms with Gasteiger partial charge < -0.3 is 20.5 Å². The molecular formula is C20H22N4O8S. The zero-order chi connectivity index (χ0) is 24.2. The van der Waals surface area contributed by atoms with Crippen LogP contribution >= 0.6 is 0 Å². The Hall–Kier alpha value is -3.55. The minimum Gasteiger partial charge on any atom is -0.452 e. The molecule has 3 rings (SSSR count). The number of benzene rings is 2. The van der Waals surface area contributed by atoms with Crippen molar-refractivity contribution < 1.29 is 32.4 Å². The van der Waals surface area contributed by atoms with E-state index in [4.69, 9.17) is 15.2 Å². The summed E-state index contributed by atoms with van der Waals surface area (Å²) in [5.41, 5.74) is 5.94. The summed E-state index contributed by atoms with van der Waals surface area (Å²) in [4.78, 5) is 34.6. The molecule has 1 aliphatic heterocycles. The van der Waals surface area contributed by atoms with Gasteiger partial charge >= 0.3 is 5.97 Å². The van der Waals surface area contributed by atoms with E-state index in [1.165, 1.54) is 16.4 Å². The number of nitro groups is 1.